The molecule has 2 amide bonds. The molecular weight excluding hydrogens is 404 g/mol. The van der Waals surface area contributed by atoms with Crippen molar-refractivity contribution in [3.8, 4) is 5.75 Å². The van der Waals surface area contributed by atoms with E-state index in [4.69, 9.17) is 16.4 Å². The third-order valence-electron chi connectivity index (χ3n) is 5.43. The predicted molar refractivity (Wildman–Crippen MR) is 112 cm³/mol. The van der Waals surface area contributed by atoms with E-state index >= 15 is 0 Å². The maximum Gasteiger partial charge on any atom is 0.266 e. The van der Waals surface area contributed by atoms with Crippen molar-refractivity contribution in [2.24, 2.45) is 5.92 Å². The average Bonchev–Trinajstić information content (AvgIpc) is 3.26. The zero-order valence-corrected chi connectivity index (χ0v) is 16.4. The topological polar surface area (TPSA) is 70.1 Å². The van der Waals surface area contributed by atoms with Gasteiger partial charge >= 0.3 is 0 Å². The standard InChI is InChI=1S/C23H17ClN2O4/c24-15-5-4-8-17(13-15)25-22(28)19-20(14-9-11-18(27)12-10-14)26(30-21(19)23(25)29)16-6-2-1-3-7-16/h1-13,19-21,27H/t19-,20+,21+/m0/s1. The molecule has 30 heavy (non-hydrogen) atoms. The van der Waals surface area contributed by atoms with Gasteiger partial charge < -0.3 is 5.11 Å². The van der Waals surface area contributed by atoms with Crippen molar-refractivity contribution < 1.29 is 19.5 Å². The zero-order chi connectivity index (χ0) is 20.8. The summed E-state index contributed by atoms with van der Waals surface area (Å²) in [7, 11) is 0. The molecule has 2 aliphatic heterocycles. The lowest BCUT2D eigenvalue weighted by Crippen LogP contribution is -2.37. The van der Waals surface area contributed by atoms with Gasteiger partial charge in [-0.25, -0.2) is 9.96 Å². The van der Waals surface area contributed by atoms with Gasteiger partial charge in [0, 0.05) is 5.02 Å². The summed E-state index contributed by atoms with van der Waals surface area (Å²) in [6, 6.07) is 22.0. The van der Waals surface area contributed by atoms with Crippen molar-refractivity contribution in [2.75, 3.05) is 9.96 Å². The largest absolute Gasteiger partial charge is 0.508 e. The number of nitrogens with zero attached hydrogens (tertiary/aromatic N) is 2. The number of phenols is 1. The van der Waals surface area contributed by atoms with Gasteiger partial charge in [0.25, 0.3) is 5.91 Å². The smallest absolute Gasteiger partial charge is 0.266 e. The van der Waals surface area contributed by atoms with Crippen molar-refractivity contribution in [1.82, 2.24) is 0 Å². The number of halogens is 1. The van der Waals surface area contributed by atoms with Crippen LogP contribution in [0.15, 0.2) is 78.9 Å². The van der Waals surface area contributed by atoms with E-state index in [1.54, 1.807) is 53.6 Å². The van der Waals surface area contributed by atoms with E-state index in [0.29, 0.717) is 10.7 Å². The van der Waals surface area contributed by atoms with Gasteiger partial charge in [-0.05, 0) is 48.0 Å². The summed E-state index contributed by atoms with van der Waals surface area (Å²) in [5, 5.41) is 11.7. The second-order valence-electron chi connectivity index (χ2n) is 7.24. The minimum Gasteiger partial charge on any atom is -0.508 e. The molecule has 0 aliphatic carbocycles. The number of fused-ring (bicyclic) bond motifs is 1. The Bertz CT molecular complexity index is 1120. The van der Waals surface area contributed by atoms with Crippen LogP contribution in [0.1, 0.15) is 11.6 Å². The maximum atomic E-state index is 13.4. The molecule has 6 nitrogen and oxygen atoms in total. The van der Waals surface area contributed by atoms with Crippen LogP contribution in [-0.4, -0.2) is 23.0 Å². The van der Waals surface area contributed by atoms with Crippen molar-refractivity contribution in [1.29, 1.82) is 0 Å². The highest BCUT2D eigenvalue weighted by molar-refractivity contribution is 6.31. The lowest BCUT2D eigenvalue weighted by molar-refractivity contribution is -0.126. The van der Waals surface area contributed by atoms with E-state index in [2.05, 4.69) is 0 Å². The Morgan fingerprint density at radius 2 is 1.53 bits per heavy atom. The number of imide groups is 1. The molecule has 2 saturated heterocycles. The van der Waals surface area contributed by atoms with Gasteiger partial charge in [0.2, 0.25) is 5.91 Å². The number of hydroxylamine groups is 1. The Hall–Kier alpha value is -3.35. The van der Waals surface area contributed by atoms with Gasteiger partial charge in [-0.15, -0.1) is 0 Å². The number of aromatic hydroxyl groups is 1. The second kappa shape index (κ2) is 7.16. The quantitative estimate of drug-likeness (QED) is 0.646. The molecule has 2 aliphatic rings. The Balaban J connectivity index is 1.59. The van der Waals surface area contributed by atoms with Crippen LogP contribution >= 0.6 is 11.6 Å². The first-order valence-corrected chi connectivity index (χ1v) is 9.86. The minimum atomic E-state index is -0.949. The first-order valence-electron chi connectivity index (χ1n) is 9.48. The van der Waals surface area contributed by atoms with E-state index in [1.165, 1.54) is 0 Å². The van der Waals surface area contributed by atoms with Gasteiger partial charge in [-0.2, -0.15) is 0 Å². The van der Waals surface area contributed by atoms with E-state index in [0.717, 1.165) is 16.2 Å². The molecule has 7 heteroatoms. The Kier molecular flexibility index (Phi) is 4.46. The normalized spacial score (nSPS) is 23.2. The molecule has 0 spiro atoms. The summed E-state index contributed by atoms with van der Waals surface area (Å²) < 4.78 is 0. The number of carbonyl (C=O) groups is 2. The summed E-state index contributed by atoms with van der Waals surface area (Å²) in [5.74, 6) is -1.38. The number of carbonyl (C=O) groups excluding carboxylic acids is 2. The molecule has 2 heterocycles. The Morgan fingerprint density at radius 1 is 0.833 bits per heavy atom. The number of anilines is 2. The summed E-state index contributed by atoms with van der Waals surface area (Å²) in [4.78, 5) is 33.8. The lowest BCUT2D eigenvalue weighted by atomic mass is 9.90. The highest BCUT2D eigenvalue weighted by Crippen LogP contribution is 2.47. The number of amides is 2. The molecule has 150 valence electrons. The van der Waals surface area contributed by atoms with Crippen molar-refractivity contribution in [2.45, 2.75) is 12.1 Å². The van der Waals surface area contributed by atoms with Crippen LogP contribution in [0, 0.1) is 5.92 Å². The number of rotatable bonds is 3. The molecule has 2 fully saturated rings. The summed E-state index contributed by atoms with van der Waals surface area (Å²) in [6.45, 7) is 0. The highest BCUT2D eigenvalue weighted by atomic mass is 35.5. The summed E-state index contributed by atoms with van der Waals surface area (Å²) >= 11 is 6.07. The molecule has 0 aromatic heterocycles. The van der Waals surface area contributed by atoms with Crippen LogP contribution in [0.4, 0.5) is 11.4 Å². The molecule has 0 unspecified atom stereocenters. The second-order valence-corrected chi connectivity index (χ2v) is 7.68. The fourth-order valence-corrected chi connectivity index (χ4v) is 4.28. The SMILES string of the molecule is O=C1[C@H]2[C@@H](c3ccc(O)cc3)N(c3ccccc3)O[C@H]2C(=O)N1c1cccc(Cl)c1. The van der Waals surface area contributed by atoms with Gasteiger partial charge in [-0.1, -0.05) is 48.0 Å². The molecule has 3 aromatic carbocycles. The molecule has 0 saturated carbocycles. The van der Waals surface area contributed by atoms with Crippen LogP contribution in [0.2, 0.25) is 5.02 Å². The highest BCUT2D eigenvalue weighted by Gasteiger charge is 2.60. The molecular formula is C23H17ClN2O4. The first-order chi connectivity index (χ1) is 14.5. The van der Waals surface area contributed by atoms with Crippen molar-refractivity contribution in [3.05, 3.63) is 89.4 Å². The predicted octanol–water partition coefficient (Wildman–Crippen LogP) is 4.10. The third kappa shape index (κ3) is 2.93. The number of phenolic OH excluding ortho intramolecular Hbond substituents is 1. The Labute approximate surface area is 177 Å². The molecule has 0 bridgehead atoms. The number of hydrogen-bond acceptors (Lipinski definition) is 5. The van der Waals surface area contributed by atoms with E-state index in [9.17, 15) is 14.7 Å². The van der Waals surface area contributed by atoms with Crippen LogP contribution in [-0.2, 0) is 14.4 Å². The van der Waals surface area contributed by atoms with Crippen LogP contribution < -0.4 is 9.96 Å². The van der Waals surface area contributed by atoms with E-state index in [1.807, 2.05) is 30.3 Å². The third-order valence-corrected chi connectivity index (χ3v) is 5.66. The molecule has 1 N–H and O–H groups in total. The van der Waals surface area contributed by atoms with Crippen LogP contribution in [0.25, 0.3) is 0 Å². The van der Waals surface area contributed by atoms with Gasteiger partial charge in [-0.3, -0.25) is 14.4 Å². The monoisotopic (exact) mass is 420 g/mol. The average molecular weight is 421 g/mol. The van der Waals surface area contributed by atoms with Gasteiger partial charge in [0.1, 0.15) is 11.7 Å². The fourth-order valence-electron chi connectivity index (χ4n) is 4.09. The number of hydrogen-bond donors (Lipinski definition) is 1. The van der Waals surface area contributed by atoms with Crippen molar-refractivity contribution in [3.63, 3.8) is 0 Å². The maximum absolute atomic E-state index is 13.4. The molecule has 3 aromatic rings. The molecule has 5 rings (SSSR count). The molecule has 0 radical (unpaired) electrons. The number of benzene rings is 3. The van der Waals surface area contributed by atoms with Crippen LogP contribution in [0.3, 0.4) is 0 Å². The van der Waals surface area contributed by atoms with E-state index < -0.39 is 24.0 Å². The minimum absolute atomic E-state index is 0.120. The fraction of sp³-hybridized carbons (Fsp3) is 0.130. The van der Waals surface area contributed by atoms with E-state index in [-0.39, 0.29) is 11.7 Å². The molecule has 3 atom stereocenters. The first kappa shape index (κ1) is 18.7. The van der Waals surface area contributed by atoms with Gasteiger partial charge in [0.15, 0.2) is 6.10 Å². The Morgan fingerprint density at radius 3 is 2.23 bits per heavy atom. The summed E-state index contributed by atoms with van der Waals surface area (Å²) in [5.41, 5.74) is 1.92. The number of para-hydroxylation sites is 1. The van der Waals surface area contributed by atoms with Gasteiger partial charge in [0.05, 0.1) is 17.4 Å². The lowest BCUT2D eigenvalue weighted by Gasteiger charge is -2.28. The zero-order valence-electron chi connectivity index (χ0n) is 15.7. The van der Waals surface area contributed by atoms with Crippen LogP contribution in [0.5, 0.6) is 5.75 Å². The van der Waals surface area contributed by atoms with Crippen molar-refractivity contribution >= 4 is 34.8 Å². The summed E-state index contributed by atoms with van der Waals surface area (Å²) in [6.07, 6.45) is -0.949.